The maximum atomic E-state index is 9.69. The van der Waals surface area contributed by atoms with Gasteiger partial charge in [-0.2, -0.15) is 0 Å². The molecule has 0 aromatic rings. The predicted octanol–water partition coefficient (Wildman–Crippen LogP) is 1.18. The molecule has 0 heterocycles. The van der Waals surface area contributed by atoms with Gasteiger partial charge in [-0.15, -0.1) is 0 Å². The average molecular weight is 274 g/mol. The van der Waals surface area contributed by atoms with Crippen molar-refractivity contribution in [2.75, 3.05) is 0 Å². The van der Waals surface area contributed by atoms with Gasteiger partial charge in [0.15, 0.2) is 0 Å². The van der Waals surface area contributed by atoms with Crippen molar-refractivity contribution in [1.82, 2.24) is 0 Å². The lowest BCUT2D eigenvalue weighted by Crippen LogP contribution is -1.91. The van der Waals surface area contributed by atoms with Crippen molar-refractivity contribution in [2.45, 2.75) is 0 Å². The standard InChI is InChI=1S/2F3S.H2O4S/c2*1-4(2)3;1-5(2,3)4/h;;(H2,1,2,3,4)/q2*+1;/p-2. The first kappa shape index (κ1) is 18.8. The minimum atomic E-state index is -5.17. The Morgan fingerprint density at radius 1 is 0.769 bits per heavy atom. The summed E-state index contributed by atoms with van der Waals surface area (Å²) in [7, 11) is -5.17. The molecule has 0 bridgehead atoms. The average Bonchev–Trinajstić information content (AvgIpc) is 1.50. The van der Waals surface area contributed by atoms with Crippen molar-refractivity contribution in [3.05, 3.63) is 0 Å². The molecular formula is F6O4S3. The zero-order valence-electron chi connectivity index (χ0n) is 5.13. The monoisotopic (exact) mass is 274 g/mol. The lowest BCUT2D eigenvalue weighted by Gasteiger charge is -2.06. The van der Waals surface area contributed by atoms with Crippen molar-refractivity contribution in [3.63, 3.8) is 0 Å². The predicted molar refractivity (Wildman–Crippen MR) is 31.9 cm³/mol. The summed E-state index contributed by atoms with van der Waals surface area (Å²) < 4.78 is 92.2. The van der Waals surface area contributed by atoms with Gasteiger partial charge in [0.1, 0.15) is 23.3 Å². The van der Waals surface area contributed by atoms with Crippen molar-refractivity contribution >= 4 is 34.5 Å². The lowest BCUT2D eigenvalue weighted by molar-refractivity contribution is 0.352. The molecule has 0 rings (SSSR count). The molecule has 4 nitrogen and oxygen atoms in total. The molecule has 0 saturated carbocycles. The summed E-state index contributed by atoms with van der Waals surface area (Å²) in [5, 5.41) is 0. The van der Waals surface area contributed by atoms with E-state index in [4.69, 9.17) is 17.5 Å². The molecule has 0 saturated heterocycles. The van der Waals surface area contributed by atoms with E-state index in [0.717, 1.165) is 0 Å². The van der Waals surface area contributed by atoms with E-state index in [1.54, 1.807) is 0 Å². The normalized spacial score (nSPS) is 10.0. The fraction of sp³-hybridized carbons (Fsp3) is 0. The highest BCUT2D eigenvalue weighted by atomic mass is 32.3. The second-order valence-corrected chi connectivity index (χ2v) is 2.27. The molecule has 84 valence electrons. The molecule has 0 fully saturated rings. The van der Waals surface area contributed by atoms with E-state index < -0.39 is 34.5 Å². The van der Waals surface area contributed by atoms with E-state index in [-0.39, 0.29) is 0 Å². The Kier molecular flexibility index (Phi) is 14.8. The summed E-state index contributed by atoms with van der Waals surface area (Å²) in [5.74, 6) is 0. The Bertz CT molecular complexity index is 155. The van der Waals surface area contributed by atoms with E-state index in [2.05, 4.69) is 0 Å². The van der Waals surface area contributed by atoms with Crippen LogP contribution in [0.1, 0.15) is 0 Å². The molecule has 13 heavy (non-hydrogen) atoms. The van der Waals surface area contributed by atoms with E-state index >= 15 is 0 Å². The molecule has 0 unspecified atom stereocenters. The molecule has 0 N–H and O–H groups in total. The minimum Gasteiger partial charge on any atom is -0.759 e. The number of hydrogen-bond donors (Lipinski definition) is 0. The van der Waals surface area contributed by atoms with Crippen LogP contribution in [0.4, 0.5) is 23.3 Å². The Hall–Kier alpha value is 0.150. The highest BCUT2D eigenvalue weighted by Crippen LogP contribution is 1.96. The van der Waals surface area contributed by atoms with Crippen LogP contribution >= 0.6 is 0 Å². The first-order chi connectivity index (χ1) is 5.46. The van der Waals surface area contributed by atoms with Crippen molar-refractivity contribution in [3.8, 4) is 0 Å². The molecule has 0 atom stereocenters. The number of halogens is 6. The van der Waals surface area contributed by atoms with Gasteiger partial charge in [-0.25, -0.2) is 0 Å². The van der Waals surface area contributed by atoms with Gasteiger partial charge in [0.25, 0.3) is 0 Å². The minimum absolute atomic E-state index is 3.86. The topological polar surface area (TPSA) is 80.3 Å². The molecule has 0 aromatic heterocycles. The zero-order chi connectivity index (χ0) is 11.7. The van der Waals surface area contributed by atoms with Gasteiger partial charge in [-0.05, 0) is 0 Å². The fourth-order valence-corrected chi connectivity index (χ4v) is 0. The first-order valence-corrected chi connectivity index (χ1v) is 4.78. The second kappa shape index (κ2) is 10.2. The van der Waals surface area contributed by atoms with Gasteiger partial charge in [0, 0.05) is 10.4 Å². The Balaban J connectivity index is -0.000000117. The molecule has 0 aromatic carbocycles. The zero-order valence-corrected chi connectivity index (χ0v) is 7.58. The summed E-state index contributed by atoms with van der Waals surface area (Å²) in [6.45, 7) is 0. The van der Waals surface area contributed by atoms with Gasteiger partial charge in [0.05, 0.1) is 0 Å². The molecule has 13 heteroatoms. The largest absolute Gasteiger partial charge is 0.759 e. The van der Waals surface area contributed by atoms with Crippen LogP contribution < -0.4 is 0 Å². The number of rotatable bonds is 0. The Morgan fingerprint density at radius 3 is 0.769 bits per heavy atom. The SMILES string of the molecule is F[S+](F)F.F[S+](F)F.O=S(=O)([O-])[O-]. The second-order valence-electron chi connectivity index (χ2n) is 0.758. The van der Waals surface area contributed by atoms with E-state index in [9.17, 15) is 23.3 Å². The third kappa shape index (κ3) is 55600. The molecule has 0 aliphatic carbocycles. The van der Waals surface area contributed by atoms with Crippen molar-refractivity contribution in [2.24, 2.45) is 0 Å². The van der Waals surface area contributed by atoms with E-state index in [1.165, 1.54) is 0 Å². The summed E-state index contributed by atoms with van der Waals surface area (Å²) in [5.41, 5.74) is 0. The van der Waals surface area contributed by atoms with Gasteiger partial charge in [0.2, 0.25) is 0 Å². The Morgan fingerprint density at radius 2 is 0.769 bits per heavy atom. The van der Waals surface area contributed by atoms with Crippen molar-refractivity contribution in [1.29, 1.82) is 0 Å². The maximum absolute atomic E-state index is 9.69. The fourth-order valence-electron chi connectivity index (χ4n) is 0. The van der Waals surface area contributed by atoms with Crippen LogP contribution in [0.2, 0.25) is 0 Å². The van der Waals surface area contributed by atoms with Crippen LogP contribution in [-0.4, -0.2) is 17.5 Å². The Labute approximate surface area is 76.0 Å². The quantitative estimate of drug-likeness (QED) is 0.287. The van der Waals surface area contributed by atoms with Gasteiger partial charge in [-0.3, -0.25) is 8.42 Å². The number of hydrogen-bond acceptors (Lipinski definition) is 4. The summed E-state index contributed by atoms with van der Waals surface area (Å²) >= 11 is -7.72. The van der Waals surface area contributed by atoms with Crippen LogP contribution in [0.3, 0.4) is 0 Å². The van der Waals surface area contributed by atoms with Gasteiger partial charge >= 0.3 is 24.1 Å². The molecule has 0 radical (unpaired) electrons. The molecular weight excluding hydrogens is 274 g/mol. The highest BCUT2D eigenvalue weighted by Gasteiger charge is 2.14. The summed E-state index contributed by atoms with van der Waals surface area (Å²) in [4.78, 5) is 0. The summed E-state index contributed by atoms with van der Waals surface area (Å²) in [6.07, 6.45) is 0. The van der Waals surface area contributed by atoms with Gasteiger partial charge < -0.3 is 9.11 Å². The van der Waals surface area contributed by atoms with Crippen LogP contribution in [0, 0.1) is 0 Å². The highest BCUT2D eigenvalue weighted by molar-refractivity contribution is 7.81. The molecule has 0 aliphatic heterocycles. The van der Waals surface area contributed by atoms with Crippen LogP contribution in [0.25, 0.3) is 0 Å². The first-order valence-electron chi connectivity index (χ1n) is 1.59. The smallest absolute Gasteiger partial charge is 0.661 e. The third-order valence-electron chi connectivity index (χ3n) is 0. The molecule has 0 aliphatic rings. The van der Waals surface area contributed by atoms with Crippen LogP contribution in [0.15, 0.2) is 0 Å². The van der Waals surface area contributed by atoms with Gasteiger partial charge in [-0.1, -0.05) is 0 Å². The summed E-state index contributed by atoms with van der Waals surface area (Å²) in [6, 6.07) is 0. The van der Waals surface area contributed by atoms with Crippen molar-refractivity contribution < 1.29 is 40.8 Å². The van der Waals surface area contributed by atoms with E-state index in [0.29, 0.717) is 0 Å². The molecule has 0 spiro atoms. The maximum Gasteiger partial charge on any atom is 0.661 e. The molecule has 0 amide bonds. The lowest BCUT2D eigenvalue weighted by atomic mass is 15.8. The van der Waals surface area contributed by atoms with Crippen LogP contribution in [0.5, 0.6) is 0 Å². The van der Waals surface area contributed by atoms with Crippen LogP contribution in [-0.2, 0) is 34.5 Å². The van der Waals surface area contributed by atoms with E-state index in [1.807, 2.05) is 0 Å². The third-order valence-corrected chi connectivity index (χ3v) is 0.